The predicted octanol–water partition coefficient (Wildman–Crippen LogP) is 0.442. The number of piperazine rings is 1. The Kier molecular flexibility index (Phi) is 5.41. The molecule has 1 unspecified atom stereocenters. The van der Waals surface area contributed by atoms with Gasteiger partial charge in [-0.15, -0.1) is 0 Å². The summed E-state index contributed by atoms with van der Waals surface area (Å²) in [6, 6.07) is -0.107. The van der Waals surface area contributed by atoms with Crippen LogP contribution in [0.1, 0.15) is 33.6 Å². The van der Waals surface area contributed by atoms with Crippen molar-refractivity contribution in [2.24, 2.45) is 5.92 Å². The smallest absolute Gasteiger partial charge is 0.305 e. The quantitative estimate of drug-likeness (QED) is 0.687. The van der Waals surface area contributed by atoms with Crippen molar-refractivity contribution in [2.75, 3.05) is 13.2 Å². The summed E-state index contributed by atoms with van der Waals surface area (Å²) in [5.74, 6) is 0.0863. The molecule has 98 valence electrons. The number of amides is 1. The van der Waals surface area contributed by atoms with Crippen molar-refractivity contribution in [1.82, 2.24) is 10.6 Å². The summed E-state index contributed by atoms with van der Waals surface area (Å²) in [7, 11) is 0. The van der Waals surface area contributed by atoms with Crippen molar-refractivity contribution in [3.8, 4) is 0 Å². The van der Waals surface area contributed by atoms with E-state index >= 15 is 0 Å². The Labute approximate surface area is 102 Å². The zero-order valence-corrected chi connectivity index (χ0v) is 10.8. The molecule has 1 aliphatic heterocycles. The Bertz CT molecular complexity index is 279. The normalized spacial score (nSPS) is 24.6. The van der Waals surface area contributed by atoms with Crippen molar-refractivity contribution in [2.45, 2.75) is 45.7 Å². The second kappa shape index (κ2) is 6.59. The number of hydrogen-bond donors (Lipinski definition) is 2. The first-order valence-corrected chi connectivity index (χ1v) is 6.18. The van der Waals surface area contributed by atoms with Crippen molar-refractivity contribution in [1.29, 1.82) is 0 Å². The molecule has 0 saturated carbocycles. The lowest BCUT2D eigenvalue weighted by molar-refractivity contribution is -0.145. The fourth-order valence-electron chi connectivity index (χ4n) is 1.63. The molecule has 1 heterocycles. The van der Waals surface area contributed by atoms with Gasteiger partial charge in [0, 0.05) is 19.0 Å². The zero-order chi connectivity index (χ0) is 12.8. The largest absolute Gasteiger partial charge is 0.465 e. The maximum atomic E-state index is 11.6. The third-order valence-corrected chi connectivity index (χ3v) is 2.59. The molecule has 5 nitrogen and oxygen atoms in total. The molecular weight excluding hydrogens is 220 g/mol. The molecule has 1 rings (SSSR count). The molecule has 1 amide bonds. The molecule has 1 saturated heterocycles. The van der Waals surface area contributed by atoms with Gasteiger partial charge in [0.1, 0.15) is 0 Å². The first-order chi connectivity index (χ1) is 7.99. The van der Waals surface area contributed by atoms with Crippen LogP contribution in [0.3, 0.4) is 0 Å². The van der Waals surface area contributed by atoms with E-state index in [1.807, 2.05) is 20.8 Å². The Balaban J connectivity index is 2.21. The molecule has 2 N–H and O–H groups in total. The Morgan fingerprint density at radius 3 is 2.82 bits per heavy atom. The summed E-state index contributed by atoms with van der Waals surface area (Å²) in [6.07, 6.45) is 0.779. The summed E-state index contributed by atoms with van der Waals surface area (Å²) in [5.41, 5.74) is 0. The highest BCUT2D eigenvalue weighted by molar-refractivity contribution is 5.83. The molecule has 2 atom stereocenters. The van der Waals surface area contributed by atoms with Gasteiger partial charge in [0.15, 0.2) is 0 Å². The zero-order valence-electron chi connectivity index (χ0n) is 10.8. The standard InChI is InChI=1S/C12H22N2O3/c1-8(2)7-17-11(15)5-4-10-12(16)14-9(3)6-13-10/h8-10,13H,4-7H2,1-3H3,(H,14,16)/t9-,10?/m1/s1. The lowest BCUT2D eigenvalue weighted by Gasteiger charge is -2.28. The molecular formula is C12H22N2O3. The molecule has 1 fully saturated rings. The van der Waals surface area contributed by atoms with Crippen LogP contribution in [0.25, 0.3) is 0 Å². The first-order valence-electron chi connectivity index (χ1n) is 6.18. The van der Waals surface area contributed by atoms with Crippen molar-refractivity contribution in [3.05, 3.63) is 0 Å². The molecule has 0 radical (unpaired) electrons. The highest BCUT2D eigenvalue weighted by atomic mass is 16.5. The molecule has 0 aromatic heterocycles. The van der Waals surface area contributed by atoms with E-state index in [0.717, 1.165) is 6.54 Å². The Morgan fingerprint density at radius 2 is 2.24 bits per heavy atom. The Hall–Kier alpha value is -1.10. The van der Waals surface area contributed by atoms with Crippen LogP contribution in [0.15, 0.2) is 0 Å². The number of esters is 1. The molecule has 0 aliphatic carbocycles. The molecule has 0 aromatic rings. The van der Waals surface area contributed by atoms with Gasteiger partial charge in [0.25, 0.3) is 0 Å². The summed E-state index contributed by atoms with van der Waals surface area (Å²) in [6.45, 7) is 7.12. The van der Waals surface area contributed by atoms with Gasteiger partial charge in [-0.1, -0.05) is 13.8 Å². The average molecular weight is 242 g/mol. The van der Waals surface area contributed by atoms with Gasteiger partial charge in [-0.2, -0.15) is 0 Å². The molecule has 5 heteroatoms. The maximum absolute atomic E-state index is 11.6. The third-order valence-electron chi connectivity index (χ3n) is 2.59. The van der Waals surface area contributed by atoms with E-state index in [9.17, 15) is 9.59 Å². The summed E-state index contributed by atoms with van der Waals surface area (Å²) >= 11 is 0. The molecule has 1 aliphatic rings. The minimum atomic E-state index is -0.266. The van der Waals surface area contributed by atoms with Gasteiger partial charge in [0.05, 0.1) is 12.6 Å². The van der Waals surface area contributed by atoms with E-state index in [1.54, 1.807) is 0 Å². The van der Waals surface area contributed by atoms with E-state index in [2.05, 4.69) is 10.6 Å². The van der Waals surface area contributed by atoms with Gasteiger partial charge in [-0.25, -0.2) is 0 Å². The average Bonchev–Trinajstić information content (AvgIpc) is 2.25. The van der Waals surface area contributed by atoms with E-state index < -0.39 is 0 Å². The summed E-state index contributed by atoms with van der Waals surface area (Å²) in [5, 5.41) is 5.97. The van der Waals surface area contributed by atoms with Gasteiger partial charge in [-0.3, -0.25) is 9.59 Å². The highest BCUT2D eigenvalue weighted by Crippen LogP contribution is 2.05. The van der Waals surface area contributed by atoms with Gasteiger partial charge < -0.3 is 15.4 Å². The Morgan fingerprint density at radius 1 is 1.53 bits per heavy atom. The number of hydrogen-bond acceptors (Lipinski definition) is 4. The van der Waals surface area contributed by atoms with Gasteiger partial charge in [-0.05, 0) is 19.3 Å². The lowest BCUT2D eigenvalue weighted by Crippen LogP contribution is -2.57. The SMILES string of the molecule is CC(C)COC(=O)CCC1NC[C@@H](C)NC1=O. The predicted molar refractivity (Wildman–Crippen MR) is 64.4 cm³/mol. The summed E-state index contributed by atoms with van der Waals surface area (Å²) < 4.78 is 5.05. The molecule has 17 heavy (non-hydrogen) atoms. The van der Waals surface area contributed by atoms with Crippen LogP contribution in [0, 0.1) is 5.92 Å². The fourth-order valence-corrected chi connectivity index (χ4v) is 1.63. The van der Waals surface area contributed by atoms with Gasteiger partial charge >= 0.3 is 5.97 Å². The second-order valence-electron chi connectivity index (χ2n) is 4.99. The fraction of sp³-hybridized carbons (Fsp3) is 0.833. The van der Waals surface area contributed by atoms with Crippen LogP contribution < -0.4 is 10.6 Å². The monoisotopic (exact) mass is 242 g/mol. The second-order valence-corrected chi connectivity index (χ2v) is 4.99. The molecule has 0 spiro atoms. The van der Waals surface area contributed by atoms with E-state index in [-0.39, 0.29) is 30.4 Å². The summed E-state index contributed by atoms with van der Waals surface area (Å²) in [4.78, 5) is 22.9. The van der Waals surface area contributed by atoms with Crippen molar-refractivity contribution < 1.29 is 14.3 Å². The molecule has 0 bridgehead atoms. The number of carbonyl (C=O) groups excluding carboxylic acids is 2. The molecule has 0 aromatic carbocycles. The van der Waals surface area contributed by atoms with Crippen LogP contribution in [-0.4, -0.2) is 37.1 Å². The van der Waals surface area contributed by atoms with E-state index in [0.29, 0.717) is 18.9 Å². The van der Waals surface area contributed by atoms with E-state index in [1.165, 1.54) is 0 Å². The first kappa shape index (κ1) is 14.0. The minimum absolute atomic E-state index is 0.0274. The van der Waals surface area contributed by atoms with Crippen LogP contribution in [0.2, 0.25) is 0 Å². The lowest BCUT2D eigenvalue weighted by atomic mass is 10.1. The number of carbonyl (C=O) groups is 2. The van der Waals surface area contributed by atoms with Crippen LogP contribution in [0.5, 0.6) is 0 Å². The number of ether oxygens (including phenoxy) is 1. The van der Waals surface area contributed by atoms with Crippen LogP contribution >= 0.6 is 0 Å². The van der Waals surface area contributed by atoms with Crippen LogP contribution in [0.4, 0.5) is 0 Å². The van der Waals surface area contributed by atoms with Gasteiger partial charge in [0.2, 0.25) is 5.91 Å². The third kappa shape index (κ3) is 5.17. The topological polar surface area (TPSA) is 67.4 Å². The number of nitrogens with one attached hydrogen (secondary N) is 2. The van der Waals surface area contributed by atoms with E-state index in [4.69, 9.17) is 4.74 Å². The van der Waals surface area contributed by atoms with Crippen molar-refractivity contribution >= 4 is 11.9 Å². The minimum Gasteiger partial charge on any atom is -0.465 e. The van der Waals surface area contributed by atoms with Crippen molar-refractivity contribution in [3.63, 3.8) is 0 Å². The number of rotatable bonds is 5. The highest BCUT2D eigenvalue weighted by Gasteiger charge is 2.25. The van der Waals surface area contributed by atoms with Crippen LogP contribution in [-0.2, 0) is 14.3 Å². The maximum Gasteiger partial charge on any atom is 0.305 e.